The van der Waals surface area contributed by atoms with E-state index in [4.69, 9.17) is 9.84 Å². The summed E-state index contributed by atoms with van der Waals surface area (Å²) in [5.41, 5.74) is 0.610. The number of rotatable bonds is 7. The molecule has 18 heavy (non-hydrogen) atoms. The molecule has 0 fully saturated rings. The third-order valence-corrected chi connectivity index (χ3v) is 3.69. The van der Waals surface area contributed by atoms with E-state index in [0.29, 0.717) is 18.7 Å². The number of aliphatic hydroxyl groups excluding tert-OH is 1. The normalized spacial score (nSPS) is 12.2. The number of quaternary nitrogens is 1. The van der Waals surface area contributed by atoms with Gasteiger partial charge < -0.3 is 14.7 Å². The number of halogens is 1. The van der Waals surface area contributed by atoms with E-state index in [9.17, 15) is 4.79 Å². The van der Waals surface area contributed by atoms with Crippen molar-refractivity contribution in [3.63, 3.8) is 0 Å². The molecule has 4 nitrogen and oxygen atoms in total. The summed E-state index contributed by atoms with van der Waals surface area (Å²) in [7, 11) is 0. The van der Waals surface area contributed by atoms with Gasteiger partial charge in [-0.25, -0.2) is 4.79 Å². The summed E-state index contributed by atoms with van der Waals surface area (Å²) in [4.78, 5) is 13.0. The lowest BCUT2D eigenvalue weighted by atomic mass is 10.2. The molecule has 0 heterocycles. The predicted octanol–water partition coefficient (Wildman–Crippen LogP) is 0.345. The SMILES string of the molecule is CC[NH+](CCO)CCOC(=O)c1ccccc1I. The zero-order valence-corrected chi connectivity index (χ0v) is 12.6. The molecule has 100 valence electrons. The van der Waals surface area contributed by atoms with Crippen LogP contribution in [0.3, 0.4) is 0 Å². The number of benzene rings is 1. The molecule has 0 radical (unpaired) electrons. The molecule has 0 aromatic heterocycles. The van der Waals surface area contributed by atoms with Crippen molar-refractivity contribution < 1.29 is 19.5 Å². The first kappa shape index (κ1) is 15.4. The van der Waals surface area contributed by atoms with Crippen molar-refractivity contribution in [2.75, 3.05) is 32.8 Å². The van der Waals surface area contributed by atoms with E-state index >= 15 is 0 Å². The van der Waals surface area contributed by atoms with Crippen molar-refractivity contribution >= 4 is 28.6 Å². The molecule has 0 aliphatic heterocycles. The number of ether oxygens (including phenoxy) is 1. The Labute approximate surface area is 121 Å². The molecule has 1 aromatic carbocycles. The van der Waals surface area contributed by atoms with Crippen LogP contribution in [0.15, 0.2) is 24.3 Å². The van der Waals surface area contributed by atoms with E-state index in [1.807, 2.05) is 25.1 Å². The van der Waals surface area contributed by atoms with E-state index in [-0.39, 0.29) is 12.6 Å². The number of aliphatic hydroxyl groups is 1. The predicted molar refractivity (Wildman–Crippen MR) is 77.8 cm³/mol. The van der Waals surface area contributed by atoms with Gasteiger partial charge in [-0.1, -0.05) is 12.1 Å². The smallest absolute Gasteiger partial charge is 0.339 e. The Morgan fingerprint density at radius 1 is 1.39 bits per heavy atom. The van der Waals surface area contributed by atoms with Gasteiger partial charge >= 0.3 is 5.97 Å². The average Bonchev–Trinajstić information content (AvgIpc) is 2.38. The summed E-state index contributed by atoms with van der Waals surface area (Å²) in [5.74, 6) is -0.278. The van der Waals surface area contributed by atoms with Crippen molar-refractivity contribution in [1.29, 1.82) is 0 Å². The first-order valence-corrected chi connectivity index (χ1v) is 7.13. The van der Waals surface area contributed by atoms with Gasteiger partial charge in [0.15, 0.2) is 0 Å². The van der Waals surface area contributed by atoms with Crippen molar-refractivity contribution in [3.05, 3.63) is 33.4 Å². The number of esters is 1. The lowest BCUT2D eigenvalue weighted by molar-refractivity contribution is -0.898. The highest BCUT2D eigenvalue weighted by Gasteiger charge is 2.12. The number of nitrogens with one attached hydrogen (secondary N) is 1. The average molecular weight is 364 g/mol. The Morgan fingerprint density at radius 3 is 2.72 bits per heavy atom. The molecule has 0 aliphatic carbocycles. The second-order valence-corrected chi connectivity index (χ2v) is 5.11. The Kier molecular flexibility index (Phi) is 7.22. The molecule has 0 bridgehead atoms. The third-order valence-electron chi connectivity index (χ3n) is 2.75. The first-order chi connectivity index (χ1) is 8.69. The zero-order valence-electron chi connectivity index (χ0n) is 10.5. The summed E-state index contributed by atoms with van der Waals surface area (Å²) in [6, 6.07) is 7.37. The van der Waals surface area contributed by atoms with E-state index in [1.54, 1.807) is 6.07 Å². The Balaban J connectivity index is 2.40. The quantitative estimate of drug-likeness (QED) is 0.542. The van der Waals surface area contributed by atoms with Gasteiger partial charge in [0.25, 0.3) is 0 Å². The van der Waals surface area contributed by atoms with Crippen LogP contribution >= 0.6 is 22.6 Å². The van der Waals surface area contributed by atoms with Crippen LogP contribution in [0, 0.1) is 3.57 Å². The maximum atomic E-state index is 11.8. The fourth-order valence-electron chi connectivity index (χ4n) is 1.63. The van der Waals surface area contributed by atoms with Crippen LogP contribution in [-0.4, -0.2) is 43.9 Å². The standard InChI is InChI=1S/C13H18INO3/c1-2-15(7-9-16)8-10-18-13(17)11-5-3-4-6-12(11)14/h3-6,16H,2,7-10H2,1H3/p+1. The summed E-state index contributed by atoms with van der Waals surface area (Å²) in [6.07, 6.45) is 0. The van der Waals surface area contributed by atoms with Gasteiger partial charge in [-0.05, 0) is 41.6 Å². The van der Waals surface area contributed by atoms with Crippen LogP contribution in [0.25, 0.3) is 0 Å². The number of hydrogen-bond acceptors (Lipinski definition) is 3. The fraction of sp³-hybridized carbons (Fsp3) is 0.462. The lowest BCUT2D eigenvalue weighted by Gasteiger charge is -2.16. The second-order valence-electron chi connectivity index (χ2n) is 3.94. The fourth-order valence-corrected chi connectivity index (χ4v) is 2.24. The highest BCUT2D eigenvalue weighted by molar-refractivity contribution is 14.1. The van der Waals surface area contributed by atoms with Crippen molar-refractivity contribution in [2.45, 2.75) is 6.92 Å². The number of carbonyl (C=O) groups is 1. The highest BCUT2D eigenvalue weighted by atomic mass is 127. The van der Waals surface area contributed by atoms with E-state index in [1.165, 1.54) is 4.90 Å². The minimum atomic E-state index is -0.278. The minimum absolute atomic E-state index is 0.160. The maximum absolute atomic E-state index is 11.8. The Bertz CT molecular complexity index is 384. The molecule has 0 saturated carbocycles. The molecule has 0 aliphatic rings. The first-order valence-electron chi connectivity index (χ1n) is 6.05. The van der Waals surface area contributed by atoms with Crippen LogP contribution in [0.1, 0.15) is 17.3 Å². The molecule has 1 aromatic rings. The highest BCUT2D eigenvalue weighted by Crippen LogP contribution is 2.12. The molecule has 0 saturated heterocycles. The molecule has 2 N–H and O–H groups in total. The van der Waals surface area contributed by atoms with Crippen molar-refractivity contribution in [2.24, 2.45) is 0 Å². The van der Waals surface area contributed by atoms with Gasteiger partial charge in [0.2, 0.25) is 0 Å². The topological polar surface area (TPSA) is 51.0 Å². The molecule has 5 heteroatoms. The van der Waals surface area contributed by atoms with Crippen molar-refractivity contribution in [1.82, 2.24) is 0 Å². The number of likely N-dealkylation sites (N-methyl/N-ethyl adjacent to an activating group) is 1. The Hall–Kier alpha value is -0.660. The van der Waals surface area contributed by atoms with E-state index in [2.05, 4.69) is 22.6 Å². The second kappa shape index (κ2) is 8.44. The van der Waals surface area contributed by atoms with Crippen LogP contribution in [-0.2, 0) is 4.74 Å². The summed E-state index contributed by atoms with van der Waals surface area (Å²) in [5, 5.41) is 8.86. The number of carbonyl (C=O) groups excluding carboxylic acids is 1. The molecular weight excluding hydrogens is 345 g/mol. The van der Waals surface area contributed by atoms with Gasteiger partial charge in [0, 0.05) is 3.57 Å². The van der Waals surface area contributed by atoms with Gasteiger partial charge in [-0.15, -0.1) is 0 Å². The van der Waals surface area contributed by atoms with Gasteiger partial charge in [-0.3, -0.25) is 0 Å². The van der Waals surface area contributed by atoms with Gasteiger partial charge in [0.1, 0.15) is 19.7 Å². The molecule has 1 rings (SSSR count). The zero-order chi connectivity index (χ0) is 13.4. The molecular formula is C13H19INO3+. The van der Waals surface area contributed by atoms with Crippen LogP contribution in [0.5, 0.6) is 0 Å². The third kappa shape index (κ3) is 4.91. The van der Waals surface area contributed by atoms with Crippen molar-refractivity contribution in [3.8, 4) is 0 Å². The van der Waals surface area contributed by atoms with Gasteiger partial charge in [0.05, 0.1) is 18.7 Å². The minimum Gasteiger partial charge on any atom is -0.456 e. The summed E-state index contributed by atoms with van der Waals surface area (Å²) >= 11 is 2.12. The van der Waals surface area contributed by atoms with Gasteiger partial charge in [-0.2, -0.15) is 0 Å². The molecule has 0 spiro atoms. The van der Waals surface area contributed by atoms with Crippen LogP contribution in [0.4, 0.5) is 0 Å². The van der Waals surface area contributed by atoms with E-state index < -0.39 is 0 Å². The number of hydrogen-bond donors (Lipinski definition) is 2. The molecule has 1 unspecified atom stereocenters. The molecule has 1 atom stereocenters. The Morgan fingerprint density at radius 2 is 2.11 bits per heavy atom. The van der Waals surface area contributed by atoms with E-state index in [0.717, 1.165) is 16.7 Å². The lowest BCUT2D eigenvalue weighted by Crippen LogP contribution is -3.12. The van der Waals surface area contributed by atoms with Crippen LogP contribution < -0.4 is 4.90 Å². The summed E-state index contributed by atoms with van der Waals surface area (Å²) < 4.78 is 6.14. The molecule has 0 amide bonds. The summed E-state index contributed by atoms with van der Waals surface area (Å²) in [6.45, 7) is 4.93. The van der Waals surface area contributed by atoms with Crippen LogP contribution in [0.2, 0.25) is 0 Å². The monoisotopic (exact) mass is 364 g/mol. The maximum Gasteiger partial charge on any atom is 0.339 e. The largest absolute Gasteiger partial charge is 0.456 e.